The number of aromatic nitrogens is 2. The monoisotopic (exact) mass is 433 g/mol. The van der Waals surface area contributed by atoms with Crippen molar-refractivity contribution in [1.82, 2.24) is 15.1 Å². The molecule has 2 N–H and O–H groups in total. The van der Waals surface area contributed by atoms with E-state index in [2.05, 4.69) is 10.4 Å². The standard InChI is InChI=1S/C20H17Cl2N3O4/c1-11-18(20(28)23-10-17(26)27)24-25(16-8-7-14(29-2)9-15(16)22)19(11)12-3-5-13(21)6-4-12/h3-9H,10H2,1-2H3,(H,23,28)(H,26,27). The summed E-state index contributed by atoms with van der Waals surface area (Å²) in [4.78, 5) is 23.3. The topological polar surface area (TPSA) is 93.5 Å². The Balaban J connectivity index is 2.18. The molecule has 0 aliphatic carbocycles. The first kappa shape index (κ1) is 20.7. The molecule has 0 bridgehead atoms. The zero-order valence-electron chi connectivity index (χ0n) is 15.6. The zero-order valence-corrected chi connectivity index (χ0v) is 17.1. The molecule has 0 saturated heterocycles. The summed E-state index contributed by atoms with van der Waals surface area (Å²) in [7, 11) is 1.54. The molecule has 0 unspecified atom stereocenters. The van der Waals surface area contributed by atoms with Gasteiger partial charge in [0.1, 0.15) is 12.3 Å². The van der Waals surface area contributed by atoms with E-state index in [1.807, 2.05) is 0 Å². The highest BCUT2D eigenvalue weighted by molar-refractivity contribution is 6.32. The minimum Gasteiger partial charge on any atom is -0.497 e. The van der Waals surface area contributed by atoms with Crippen molar-refractivity contribution < 1.29 is 19.4 Å². The molecule has 0 fully saturated rings. The molecule has 3 rings (SSSR count). The van der Waals surface area contributed by atoms with E-state index in [0.717, 1.165) is 5.56 Å². The Labute approximate surface area is 176 Å². The largest absolute Gasteiger partial charge is 0.497 e. The maximum absolute atomic E-state index is 12.5. The number of amides is 1. The van der Waals surface area contributed by atoms with Crippen molar-refractivity contribution in [3.8, 4) is 22.7 Å². The van der Waals surface area contributed by atoms with Crippen molar-refractivity contribution >= 4 is 35.1 Å². The van der Waals surface area contributed by atoms with Crippen LogP contribution in [0.1, 0.15) is 16.1 Å². The number of aliphatic carboxylic acids is 1. The van der Waals surface area contributed by atoms with Gasteiger partial charge in [0.15, 0.2) is 5.69 Å². The molecule has 150 valence electrons. The fourth-order valence-electron chi connectivity index (χ4n) is 2.86. The minimum atomic E-state index is -1.15. The smallest absolute Gasteiger partial charge is 0.322 e. The molecular formula is C20H17Cl2N3O4. The van der Waals surface area contributed by atoms with E-state index in [1.165, 1.54) is 7.11 Å². The third-order valence-corrected chi connectivity index (χ3v) is 4.79. The molecule has 7 nitrogen and oxygen atoms in total. The van der Waals surface area contributed by atoms with Crippen LogP contribution in [0.4, 0.5) is 0 Å². The normalized spacial score (nSPS) is 10.6. The maximum atomic E-state index is 12.5. The van der Waals surface area contributed by atoms with Crippen LogP contribution in [0.2, 0.25) is 10.0 Å². The molecule has 3 aromatic rings. The lowest BCUT2D eigenvalue weighted by Gasteiger charge is -2.11. The van der Waals surface area contributed by atoms with E-state index >= 15 is 0 Å². The molecule has 1 aromatic heterocycles. The summed E-state index contributed by atoms with van der Waals surface area (Å²) >= 11 is 12.4. The van der Waals surface area contributed by atoms with Gasteiger partial charge in [-0.1, -0.05) is 35.3 Å². The Hall–Kier alpha value is -3.03. The molecular weight excluding hydrogens is 417 g/mol. The zero-order chi connectivity index (χ0) is 21.1. The number of carboxylic acids is 1. The Bertz CT molecular complexity index is 1080. The Morgan fingerprint density at radius 1 is 1.17 bits per heavy atom. The average Bonchev–Trinajstić information content (AvgIpc) is 3.03. The molecule has 1 amide bonds. The van der Waals surface area contributed by atoms with Gasteiger partial charge in [-0.05, 0) is 31.2 Å². The number of nitrogens with zero attached hydrogens (tertiary/aromatic N) is 2. The molecule has 0 aliphatic heterocycles. The van der Waals surface area contributed by atoms with Crippen LogP contribution in [-0.4, -0.2) is 40.4 Å². The van der Waals surface area contributed by atoms with Gasteiger partial charge in [0.25, 0.3) is 5.91 Å². The lowest BCUT2D eigenvalue weighted by atomic mass is 10.1. The van der Waals surface area contributed by atoms with Gasteiger partial charge in [-0.2, -0.15) is 5.10 Å². The highest BCUT2D eigenvalue weighted by Crippen LogP contribution is 2.33. The van der Waals surface area contributed by atoms with Crippen LogP contribution in [0.15, 0.2) is 42.5 Å². The van der Waals surface area contributed by atoms with Crippen molar-refractivity contribution in [3.63, 3.8) is 0 Å². The van der Waals surface area contributed by atoms with Gasteiger partial charge in [0.05, 0.1) is 23.5 Å². The second-order valence-electron chi connectivity index (χ2n) is 6.13. The lowest BCUT2D eigenvalue weighted by molar-refractivity contribution is -0.135. The number of hydrogen-bond acceptors (Lipinski definition) is 4. The minimum absolute atomic E-state index is 0.100. The molecule has 0 radical (unpaired) electrons. The number of rotatable bonds is 6. The number of nitrogens with one attached hydrogen (secondary N) is 1. The van der Waals surface area contributed by atoms with Gasteiger partial charge >= 0.3 is 5.97 Å². The molecule has 0 saturated carbocycles. The highest BCUT2D eigenvalue weighted by Gasteiger charge is 2.23. The number of methoxy groups -OCH3 is 1. The van der Waals surface area contributed by atoms with Gasteiger partial charge in [-0.25, -0.2) is 4.68 Å². The van der Waals surface area contributed by atoms with Crippen molar-refractivity contribution in [2.75, 3.05) is 13.7 Å². The van der Waals surface area contributed by atoms with Crippen LogP contribution in [0.5, 0.6) is 5.75 Å². The van der Waals surface area contributed by atoms with E-state index in [9.17, 15) is 9.59 Å². The van der Waals surface area contributed by atoms with Crippen LogP contribution in [0.25, 0.3) is 16.9 Å². The first-order valence-electron chi connectivity index (χ1n) is 8.51. The van der Waals surface area contributed by atoms with Gasteiger partial charge in [-0.3, -0.25) is 9.59 Å². The molecule has 0 atom stereocenters. The molecule has 0 aliphatic rings. The fourth-order valence-corrected chi connectivity index (χ4v) is 3.24. The van der Waals surface area contributed by atoms with Gasteiger partial charge in [0.2, 0.25) is 0 Å². The summed E-state index contributed by atoms with van der Waals surface area (Å²) in [5.41, 5.74) is 2.61. The molecule has 9 heteroatoms. The molecule has 1 heterocycles. The summed E-state index contributed by atoms with van der Waals surface area (Å²) in [6.07, 6.45) is 0. The van der Waals surface area contributed by atoms with Crippen molar-refractivity contribution in [2.24, 2.45) is 0 Å². The van der Waals surface area contributed by atoms with Crippen LogP contribution in [-0.2, 0) is 4.79 Å². The van der Waals surface area contributed by atoms with E-state index < -0.39 is 18.4 Å². The van der Waals surface area contributed by atoms with E-state index in [-0.39, 0.29) is 5.69 Å². The number of hydrogen-bond donors (Lipinski definition) is 2. The summed E-state index contributed by atoms with van der Waals surface area (Å²) in [6, 6.07) is 12.2. The van der Waals surface area contributed by atoms with Crippen LogP contribution >= 0.6 is 23.2 Å². The van der Waals surface area contributed by atoms with Crippen LogP contribution in [0, 0.1) is 6.92 Å². The third-order valence-electron chi connectivity index (χ3n) is 4.24. The summed E-state index contributed by atoms with van der Waals surface area (Å²) in [6.45, 7) is 1.23. The molecule has 2 aromatic carbocycles. The average molecular weight is 434 g/mol. The number of halogens is 2. The Kier molecular flexibility index (Phi) is 6.10. The number of carbonyl (C=O) groups is 2. The van der Waals surface area contributed by atoms with Gasteiger partial charge in [0, 0.05) is 22.2 Å². The summed E-state index contributed by atoms with van der Waals surface area (Å²) < 4.78 is 6.74. The van der Waals surface area contributed by atoms with E-state index in [1.54, 1.807) is 54.1 Å². The highest BCUT2D eigenvalue weighted by atomic mass is 35.5. The second kappa shape index (κ2) is 8.55. The summed E-state index contributed by atoms with van der Waals surface area (Å²) in [5, 5.41) is 16.5. The number of carbonyl (C=O) groups excluding carboxylic acids is 1. The van der Waals surface area contributed by atoms with E-state index in [4.69, 9.17) is 33.0 Å². The van der Waals surface area contributed by atoms with Crippen LogP contribution in [0.3, 0.4) is 0 Å². The quantitative estimate of drug-likeness (QED) is 0.612. The van der Waals surface area contributed by atoms with Crippen molar-refractivity contribution in [2.45, 2.75) is 6.92 Å². The van der Waals surface area contributed by atoms with Gasteiger partial charge in [-0.15, -0.1) is 0 Å². The number of benzene rings is 2. The molecule has 29 heavy (non-hydrogen) atoms. The first-order chi connectivity index (χ1) is 13.8. The van der Waals surface area contributed by atoms with Crippen LogP contribution < -0.4 is 10.1 Å². The first-order valence-corrected chi connectivity index (χ1v) is 9.27. The Morgan fingerprint density at radius 2 is 1.86 bits per heavy atom. The number of carboxylic acid groups (broad SMARTS) is 1. The van der Waals surface area contributed by atoms with E-state index in [0.29, 0.717) is 32.7 Å². The SMILES string of the molecule is COc1ccc(-n2nc(C(=O)NCC(=O)O)c(C)c2-c2ccc(Cl)cc2)c(Cl)c1. The second-order valence-corrected chi connectivity index (χ2v) is 6.98. The maximum Gasteiger partial charge on any atom is 0.322 e. The van der Waals surface area contributed by atoms with Gasteiger partial charge < -0.3 is 15.2 Å². The lowest BCUT2D eigenvalue weighted by Crippen LogP contribution is -2.30. The van der Waals surface area contributed by atoms with Crippen molar-refractivity contribution in [3.05, 3.63) is 63.8 Å². The molecule has 0 spiro atoms. The third kappa shape index (κ3) is 4.36. The fraction of sp³-hybridized carbons (Fsp3) is 0.150. The van der Waals surface area contributed by atoms with Crippen molar-refractivity contribution in [1.29, 1.82) is 0 Å². The predicted octanol–water partition coefficient (Wildman–Crippen LogP) is 3.98. The summed E-state index contributed by atoms with van der Waals surface area (Å²) in [5.74, 6) is -1.16. The number of ether oxygens (including phenoxy) is 1. The predicted molar refractivity (Wildman–Crippen MR) is 110 cm³/mol. The Morgan fingerprint density at radius 3 is 2.45 bits per heavy atom.